The average Bonchev–Trinajstić information content (AvgIpc) is 2.74. The number of esters is 1. The van der Waals surface area contributed by atoms with E-state index < -0.39 is 43.3 Å². The van der Waals surface area contributed by atoms with Crippen LogP contribution >= 0.6 is 0 Å². The van der Waals surface area contributed by atoms with Gasteiger partial charge in [0.2, 0.25) is 6.29 Å². The fourth-order valence-electron chi connectivity index (χ4n) is 3.57. The third-order valence-electron chi connectivity index (χ3n) is 5.48. The average molecular weight is 420 g/mol. The smallest absolute Gasteiger partial charge is 0.308 e. The van der Waals surface area contributed by atoms with E-state index in [2.05, 4.69) is 0 Å². The van der Waals surface area contributed by atoms with E-state index >= 15 is 0 Å². The summed E-state index contributed by atoms with van der Waals surface area (Å²) in [5, 5.41) is 38.4. The SMILES string of the molecule is [2H]CCCCCCCCCCCCCCCC(=O)OC1O[C@H](CO)[C@@H](O)[C@H](O)[C@H]1O. The number of aliphatic hydroxyl groups is 4. The molecule has 0 bridgehead atoms. The van der Waals surface area contributed by atoms with Gasteiger partial charge in [-0.25, -0.2) is 0 Å². The van der Waals surface area contributed by atoms with Gasteiger partial charge in [-0.1, -0.05) is 83.9 Å². The Hall–Kier alpha value is -0.730. The van der Waals surface area contributed by atoms with Crippen molar-refractivity contribution in [2.75, 3.05) is 6.61 Å². The molecule has 1 aliphatic rings. The maximum absolute atomic E-state index is 11.9. The Labute approximate surface area is 176 Å². The minimum Gasteiger partial charge on any atom is -0.433 e. The first-order valence-electron chi connectivity index (χ1n) is 12.0. The van der Waals surface area contributed by atoms with Gasteiger partial charge >= 0.3 is 5.97 Å². The summed E-state index contributed by atoms with van der Waals surface area (Å²) in [7, 11) is 0. The predicted octanol–water partition coefficient (Wildman–Crippen LogP) is 2.81. The number of unbranched alkanes of at least 4 members (excludes halogenated alkanes) is 12. The Balaban J connectivity index is 1.97. The van der Waals surface area contributed by atoms with E-state index in [4.69, 9.17) is 16.0 Å². The highest BCUT2D eigenvalue weighted by atomic mass is 16.7. The summed E-state index contributed by atoms with van der Waals surface area (Å²) in [6, 6.07) is 0. The molecular weight excluding hydrogens is 376 g/mol. The maximum Gasteiger partial charge on any atom is 0.308 e. The molecule has 0 spiro atoms. The Morgan fingerprint density at radius 3 is 1.86 bits per heavy atom. The van der Waals surface area contributed by atoms with Crippen molar-refractivity contribution in [2.24, 2.45) is 0 Å². The highest BCUT2D eigenvalue weighted by molar-refractivity contribution is 5.69. The van der Waals surface area contributed by atoms with Crippen LogP contribution in [0, 0.1) is 0 Å². The molecule has 1 fully saturated rings. The summed E-state index contributed by atoms with van der Waals surface area (Å²) in [4.78, 5) is 11.9. The van der Waals surface area contributed by atoms with Crippen LogP contribution < -0.4 is 0 Å². The topological polar surface area (TPSA) is 116 Å². The van der Waals surface area contributed by atoms with Crippen molar-refractivity contribution >= 4 is 5.97 Å². The lowest BCUT2D eigenvalue weighted by Gasteiger charge is -2.39. The molecule has 29 heavy (non-hydrogen) atoms. The summed E-state index contributed by atoms with van der Waals surface area (Å²) in [5.41, 5.74) is 0. The molecule has 0 aromatic carbocycles. The van der Waals surface area contributed by atoms with Crippen molar-refractivity contribution in [3.8, 4) is 0 Å². The molecule has 4 N–H and O–H groups in total. The van der Waals surface area contributed by atoms with Gasteiger partial charge in [0, 0.05) is 7.79 Å². The first-order valence-corrected chi connectivity index (χ1v) is 11.3. The first-order chi connectivity index (χ1) is 14.5. The van der Waals surface area contributed by atoms with Gasteiger partial charge in [0.25, 0.3) is 0 Å². The molecule has 0 aromatic rings. The molecule has 0 radical (unpaired) electrons. The van der Waals surface area contributed by atoms with E-state index in [-0.39, 0.29) is 6.42 Å². The molecule has 7 nitrogen and oxygen atoms in total. The second-order valence-electron chi connectivity index (χ2n) is 8.03. The van der Waals surface area contributed by atoms with Crippen molar-refractivity contribution in [1.82, 2.24) is 0 Å². The van der Waals surface area contributed by atoms with E-state index in [9.17, 15) is 20.1 Å². The van der Waals surface area contributed by atoms with E-state index in [1.165, 1.54) is 51.4 Å². The number of aliphatic hydroxyl groups excluding tert-OH is 4. The van der Waals surface area contributed by atoms with Crippen LogP contribution in [0.5, 0.6) is 0 Å². The largest absolute Gasteiger partial charge is 0.433 e. The lowest BCUT2D eigenvalue weighted by molar-refractivity contribution is -0.292. The van der Waals surface area contributed by atoms with E-state index in [1.807, 2.05) is 0 Å². The highest BCUT2D eigenvalue weighted by Gasteiger charge is 2.45. The third-order valence-corrected chi connectivity index (χ3v) is 5.48. The van der Waals surface area contributed by atoms with Gasteiger partial charge in [-0.2, -0.15) is 0 Å². The summed E-state index contributed by atoms with van der Waals surface area (Å²) in [6.07, 6.45) is 8.18. The van der Waals surface area contributed by atoms with Crippen LogP contribution in [-0.2, 0) is 14.3 Å². The molecule has 1 heterocycles. The van der Waals surface area contributed by atoms with Crippen LogP contribution in [-0.4, -0.2) is 63.7 Å². The van der Waals surface area contributed by atoms with Crippen molar-refractivity contribution in [3.05, 3.63) is 0 Å². The van der Waals surface area contributed by atoms with Crippen LogP contribution in [0.3, 0.4) is 0 Å². The Morgan fingerprint density at radius 2 is 1.34 bits per heavy atom. The predicted molar refractivity (Wildman–Crippen MR) is 110 cm³/mol. The molecule has 5 atom stereocenters. The minimum absolute atomic E-state index is 0.204. The fraction of sp³-hybridized carbons (Fsp3) is 0.955. The zero-order chi connectivity index (χ0) is 22.2. The molecule has 7 heteroatoms. The van der Waals surface area contributed by atoms with Crippen LogP contribution in [0.15, 0.2) is 0 Å². The normalized spacial score (nSPS) is 27.6. The fourth-order valence-corrected chi connectivity index (χ4v) is 3.57. The molecule has 1 aliphatic heterocycles. The van der Waals surface area contributed by atoms with Crippen molar-refractivity contribution in [3.63, 3.8) is 0 Å². The van der Waals surface area contributed by atoms with Gasteiger partial charge in [-0.15, -0.1) is 0 Å². The molecular formula is C22H42O7. The number of rotatable bonds is 16. The highest BCUT2D eigenvalue weighted by Crippen LogP contribution is 2.22. The quantitative estimate of drug-likeness (QED) is 0.224. The number of ether oxygens (including phenoxy) is 2. The Kier molecular flexibility index (Phi) is 13.6. The van der Waals surface area contributed by atoms with Crippen LogP contribution in [0.1, 0.15) is 98.2 Å². The summed E-state index contributed by atoms with van der Waals surface area (Å²) in [6.45, 7) is 0.00510. The first kappa shape index (κ1) is 24.5. The molecule has 1 rings (SSSR count). The molecule has 172 valence electrons. The van der Waals surface area contributed by atoms with Gasteiger partial charge in [-0.3, -0.25) is 4.79 Å². The summed E-state index contributed by atoms with van der Waals surface area (Å²) >= 11 is 0. The third kappa shape index (κ3) is 10.7. The van der Waals surface area contributed by atoms with Crippen LogP contribution in [0.2, 0.25) is 0 Å². The van der Waals surface area contributed by atoms with E-state index in [0.717, 1.165) is 25.7 Å². The van der Waals surface area contributed by atoms with Crippen molar-refractivity contribution in [2.45, 2.75) is 127 Å². The van der Waals surface area contributed by atoms with E-state index in [1.54, 1.807) is 0 Å². The molecule has 1 unspecified atom stereocenters. The van der Waals surface area contributed by atoms with Gasteiger partial charge in [0.05, 0.1) is 6.61 Å². The zero-order valence-corrected chi connectivity index (χ0v) is 17.7. The van der Waals surface area contributed by atoms with Gasteiger partial charge < -0.3 is 29.9 Å². The van der Waals surface area contributed by atoms with Gasteiger partial charge in [-0.05, 0) is 6.42 Å². The lowest BCUT2D eigenvalue weighted by atomic mass is 9.99. The standard InChI is InChI=1S/C22H42O7/c1-2-3-4-5-6-7-8-9-10-11-12-13-14-15-18(24)29-22-21(27)20(26)19(25)17(16-23)28-22/h17,19-23,25-27H,2-16H2,1H3/t17-,19-,20+,21-,22?/m1/s1/i1D. The molecule has 1 saturated heterocycles. The number of carbonyl (C=O) groups is 1. The minimum atomic E-state index is -1.55. The Bertz CT molecular complexity index is 436. The van der Waals surface area contributed by atoms with E-state index in [0.29, 0.717) is 13.3 Å². The second-order valence-corrected chi connectivity index (χ2v) is 8.03. The van der Waals surface area contributed by atoms with Gasteiger partial charge in [0.1, 0.15) is 24.4 Å². The number of carbonyl (C=O) groups excluding carboxylic acids is 1. The van der Waals surface area contributed by atoms with Gasteiger partial charge in [0.15, 0.2) is 0 Å². The van der Waals surface area contributed by atoms with Crippen molar-refractivity contribution < 1.29 is 36.1 Å². The number of hydrogen-bond donors (Lipinski definition) is 4. The van der Waals surface area contributed by atoms with Crippen LogP contribution in [0.25, 0.3) is 0 Å². The molecule has 0 aliphatic carbocycles. The Morgan fingerprint density at radius 1 is 0.828 bits per heavy atom. The summed E-state index contributed by atoms with van der Waals surface area (Å²) < 4.78 is 17.3. The summed E-state index contributed by atoms with van der Waals surface area (Å²) in [5.74, 6) is -0.526. The monoisotopic (exact) mass is 419 g/mol. The molecule has 0 amide bonds. The second kappa shape index (κ2) is 16.0. The molecule has 0 saturated carbocycles. The molecule has 0 aromatic heterocycles. The maximum atomic E-state index is 11.9. The number of hydrogen-bond acceptors (Lipinski definition) is 7. The lowest BCUT2D eigenvalue weighted by Crippen LogP contribution is -2.59. The van der Waals surface area contributed by atoms with Crippen LogP contribution in [0.4, 0.5) is 0 Å². The van der Waals surface area contributed by atoms with Crippen molar-refractivity contribution in [1.29, 1.82) is 0 Å². The zero-order valence-electron chi connectivity index (χ0n) is 18.7.